The molecule has 120 valence electrons. The van der Waals surface area contributed by atoms with Crippen LogP contribution in [0.25, 0.3) is 0 Å². The van der Waals surface area contributed by atoms with Crippen molar-refractivity contribution >= 4 is 0 Å². The van der Waals surface area contributed by atoms with Crippen molar-refractivity contribution in [1.29, 1.82) is 0 Å². The van der Waals surface area contributed by atoms with Gasteiger partial charge in [-0.05, 0) is 51.6 Å². The van der Waals surface area contributed by atoms with Crippen molar-refractivity contribution in [3.05, 3.63) is 0 Å². The molecule has 2 N–H and O–H groups in total. The molecular weight excluding hydrogens is 248 g/mol. The van der Waals surface area contributed by atoms with Crippen molar-refractivity contribution in [2.24, 2.45) is 5.92 Å². The summed E-state index contributed by atoms with van der Waals surface area (Å²) >= 11 is 0. The Bertz CT molecular complexity index is 251. The highest BCUT2D eigenvalue weighted by atomic mass is 16.3. The Morgan fingerprint density at radius 3 is 2.45 bits per heavy atom. The molecule has 0 saturated heterocycles. The van der Waals surface area contributed by atoms with Crippen LogP contribution in [0, 0.1) is 5.92 Å². The standard InChI is InChI=1S/C17H36N2O/c1-5-18-17(4,14-20)11-8-12-19(13-15(2)3)16-9-6-7-10-16/h15-16,18,20H,5-14H2,1-4H3. The molecule has 1 atom stereocenters. The maximum atomic E-state index is 9.56. The smallest absolute Gasteiger partial charge is 0.0610 e. The van der Waals surface area contributed by atoms with Gasteiger partial charge in [-0.3, -0.25) is 0 Å². The van der Waals surface area contributed by atoms with Gasteiger partial charge in [0.25, 0.3) is 0 Å². The molecule has 0 spiro atoms. The fourth-order valence-electron chi connectivity index (χ4n) is 3.48. The molecule has 3 nitrogen and oxygen atoms in total. The molecule has 0 aromatic heterocycles. The van der Waals surface area contributed by atoms with E-state index in [0.29, 0.717) is 0 Å². The molecule has 20 heavy (non-hydrogen) atoms. The minimum Gasteiger partial charge on any atom is -0.394 e. The zero-order chi connectivity index (χ0) is 15.0. The SMILES string of the molecule is CCNC(C)(CO)CCCN(CC(C)C)C1CCCC1. The molecule has 0 radical (unpaired) electrons. The van der Waals surface area contributed by atoms with Gasteiger partial charge in [0.15, 0.2) is 0 Å². The number of aliphatic hydroxyl groups excluding tert-OH is 1. The molecule has 0 heterocycles. The predicted molar refractivity (Wildman–Crippen MR) is 87.1 cm³/mol. The Balaban J connectivity index is 2.41. The molecule has 1 aliphatic carbocycles. The van der Waals surface area contributed by atoms with Crippen molar-refractivity contribution in [3.8, 4) is 0 Å². The summed E-state index contributed by atoms with van der Waals surface area (Å²) in [5.41, 5.74) is -0.103. The number of rotatable bonds is 10. The first-order valence-corrected chi connectivity index (χ1v) is 8.60. The van der Waals surface area contributed by atoms with E-state index in [1.54, 1.807) is 0 Å². The van der Waals surface area contributed by atoms with Gasteiger partial charge in [0.1, 0.15) is 0 Å². The van der Waals surface area contributed by atoms with Crippen LogP contribution in [0.1, 0.15) is 66.2 Å². The van der Waals surface area contributed by atoms with Crippen molar-refractivity contribution in [1.82, 2.24) is 10.2 Å². The van der Waals surface area contributed by atoms with Crippen LogP contribution in [0.5, 0.6) is 0 Å². The quantitative estimate of drug-likeness (QED) is 0.647. The van der Waals surface area contributed by atoms with Crippen LogP contribution in [-0.2, 0) is 0 Å². The molecule has 0 aliphatic heterocycles. The highest BCUT2D eigenvalue weighted by Crippen LogP contribution is 2.25. The summed E-state index contributed by atoms with van der Waals surface area (Å²) in [6.07, 6.45) is 7.82. The van der Waals surface area contributed by atoms with E-state index in [0.717, 1.165) is 24.9 Å². The van der Waals surface area contributed by atoms with Gasteiger partial charge >= 0.3 is 0 Å². The summed E-state index contributed by atoms with van der Waals surface area (Å²) in [7, 11) is 0. The molecule has 1 aliphatic rings. The van der Waals surface area contributed by atoms with E-state index < -0.39 is 0 Å². The Morgan fingerprint density at radius 2 is 1.95 bits per heavy atom. The van der Waals surface area contributed by atoms with Crippen molar-refractivity contribution in [3.63, 3.8) is 0 Å². The second-order valence-electron chi connectivity index (χ2n) is 7.18. The van der Waals surface area contributed by atoms with Crippen LogP contribution < -0.4 is 5.32 Å². The van der Waals surface area contributed by atoms with Crippen LogP contribution in [0.2, 0.25) is 0 Å². The van der Waals surface area contributed by atoms with E-state index >= 15 is 0 Å². The van der Waals surface area contributed by atoms with Crippen molar-refractivity contribution in [2.45, 2.75) is 77.8 Å². The van der Waals surface area contributed by atoms with Crippen LogP contribution >= 0.6 is 0 Å². The summed E-state index contributed by atoms with van der Waals surface area (Å²) in [4.78, 5) is 2.71. The first kappa shape index (κ1) is 17.9. The predicted octanol–water partition coefficient (Wildman–Crippen LogP) is 3.03. The van der Waals surface area contributed by atoms with E-state index in [-0.39, 0.29) is 12.1 Å². The average molecular weight is 284 g/mol. The molecule has 1 fully saturated rings. The molecule has 1 unspecified atom stereocenters. The van der Waals surface area contributed by atoms with Crippen LogP contribution in [0.15, 0.2) is 0 Å². The van der Waals surface area contributed by atoms with Crippen LogP contribution in [0.3, 0.4) is 0 Å². The van der Waals surface area contributed by atoms with Gasteiger partial charge in [-0.2, -0.15) is 0 Å². The highest BCUT2D eigenvalue weighted by Gasteiger charge is 2.25. The van der Waals surface area contributed by atoms with Gasteiger partial charge in [-0.15, -0.1) is 0 Å². The average Bonchev–Trinajstić information content (AvgIpc) is 2.91. The zero-order valence-corrected chi connectivity index (χ0v) is 14.1. The minimum atomic E-state index is -0.103. The maximum absolute atomic E-state index is 9.56. The molecule has 0 aromatic carbocycles. The third-order valence-corrected chi connectivity index (χ3v) is 4.57. The number of nitrogens with one attached hydrogen (secondary N) is 1. The lowest BCUT2D eigenvalue weighted by molar-refractivity contribution is 0.141. The van der Waals surface area contributed by atoms with E-state index in [9.17, 15) is 5.11 Å². The Kier molecular flexibility index (Phi) is 8.08. The molecule has 1 rings (SSSR count). The van der Waals surface area contributed by atoms with Crippen molar-refractivity contribution < 1.29 is 5.11 Å². The Labute approximate surface area is 126 Å². The van der Waals surface area contributed by atoms with Crippen LogP contribution in [-0.4, -0.2) is 47.8 Å². The summed E-state index contributed by atoms with van der Waals surface area (Å²) < 4.78 is 0. The molecule has 0 aromatic rings. The summed E-state index contributed by atoms with van der Waals surface area (Å²) in [6.45, 7) is 12.4. The summed E-state index contributed by atoms with van der Waals surface area (Å²) in [6, 6.07) is 0.817. The Morgan fingerprint density at radius 1 is 1.30 bits per heavy atom. The van der Waals surface area contributed by atoms with Gasteiger partial charge in [-0.25, -0.2) is 0 Å². The second-order valence-corrected chi connectivity index (χ2v) is 7.18. The molecular formula is C17H36N2O. The van der Waals surface area contributed by atoms with Gasteiger partial charge in [0.2, 0.25) is 0 Å². The summed E-state index contributed by atoms with van der Waals surface area (Å²) in [5, 5.41) is 13.0. The van der Waals surface area contributed by atoms with Crippen molar-refractivity contribution in [2.75, 3.05) is 26.2 Å². The number of likely N-dealkylation sites (N-methyl/N-ethyl adjacent to an activating group) is 1. The molecule has 1 saturated carbocycles. The van der Waals surface area contributed by atoms with Gasteiger partial charge < -0.3 is 15.3 Å². The zero-order valence-electron chi connectivity index (χ0n) is 14.1. The third kappa shape index (κ3) is 6.11. The van der Waals surface area contributed by atoms with E-state index in [1.807, 2.05) is 0 Å². The lowest BCUT2D eigenvalue weighted by Crippen LogP contribution is -2.46. The monoisotopic (exact) mass is 284 g/mol. The summed E-state index contributed by atoms with van der Waals surface area (Å²) in [5.74, 6) is 0.744. The lowest BCUT2D eigenvalue weighted by Gasteiger charge is -2.33. The number of hydrogen-bond acceptors (Lipinski definition) is 3. The van der Waals surface area contributed by atoms with E-state index in [1.165, 1.54) is 45.2 Å². The van der Waals surface area contributed by atoms with Gasteiger partial charge in [0.05, 0.1) is 6.61 Å². The van der Waals surface area contributed by atoms with Gasteiger partial charge in [0, 0.05) is 18.1 Å². The van der Waals surface area contributed by atoms with Crippen LogP contribution in [0.4, 0.5) is 0 Å². The molecule has 0 bridgehead atoms. The fourth-order valence-corrected chi connectivity index (χ4v) is 3.48. The molecule has 0 amide bonds. The lowest BCUT2D eigenvalue weighted by atomic mass is 9.96. The first-order chi connectivity index (χ1) is 9.50. The normalized spacial score (nSPS) is 19.9. The largest absolute Gasteiger partial charge is 0.394 e. The maximum Gasteiger partial charge on any atom is 0.0610 e. The minimum absolute atomic E-state index is 0.103. The van der Waals surface area contributed by atoms with E-state index in [2.05, 4.69) is 37.9 Å². The third-order valence-electron chi connectivity index (χ3n) is 4.57. The topological polar surface area (TPSA) is 35.5 Å². The van der Waals surface area contributed by atoms with E-state index in [4.69, 9.17) is 0 Å². The second kappa shape index (κ2) is 9.01. The molecule has 3 heteroatoms. The van der Waals surface area contributed by atoms with Gasteiger partial charge in [-0.1, -0.05) is 33.6 Å². The number of aliphatic hydroxyl groups is 1. The number of hydrogen-bond donors (Lipinski definition) is 2. The Hall–Kier alpha value is -0.120. The highest BCUT2D eigenvalue weighted by molar-refractivity contribution is 4.83. The fraction of sp³-hybridized carbons (Fsp3) is 1.00. The number of nitrogens with zero attached hydrogens (tertiary/aromatic N) is 1. The first-order valence-electron chi connectivity index (χ1n) is 8.60.